The fraction of sp³-hybridized carbons (Fsp3) is 0.368. The molecule has 1 aliphatic rings. The molecule has 0 spiro atoms. The summed E-state index contributed by atoms with van der Waals surface area (Å²) in [6.07, 6.45) is 3.52. The molecular weight excluding hydrogens is 242 g/mol. The van der Waals surface area contributed by atoms with E-state index in [0.717, 1.165) is 6.42 Å². The van der Waals surface area contributed by atoms with Crippen molar-refractivity contribution in [1.29, 1.82) is 0 Å². The molecular formula is C19H23N. The molecule has 2 aromatic carbocycles. The van der Waals surface area contributed by atoms with E-state index in [-0.39, 0.29) is 11.5 Å². The SMILES string of the molecule is CCc1ccc(C2(C(C)N)CC2)cc1-c1ccccc1. The monoisotopic (exact) mass is 265 g/mol. The maximum absolute atomic E-state index is 6.22. The summed E-state index contributed by atoms with van der Waals surface area (Å²) in [6.45, 7) is 4.36. The smallest absolute Gasteiger partial charge is 0.0108 e. The first-order valence-electron chi connectivity index (χ1n) is 7.62. The van der Waals surface area contributed by atoms with Gasteiger partial charge < -0.3 is 5.73 Å². The van der Waals surface area contributed by atoms with E-state index in [4.69, 9.17) is 5.73 Å². The number of aryl methyl sites for hydroxylation is 1. The number of hydrogen-bond donors (Lipinski definition) is 1. The first-order chi connectivity index (χ1) is 9.67. The Bertz CT molecular complexity index is 594. The van der Waals surface area contributed by atoms with E-state index in [1.54, 1.807) is 0 Å². The van der Waals surface area contributed by atoms with E-state index in [2.05, 4.69) is 62.4 Å². The fourth-order valence-corrected chi connectivity index (χ4v) is 3.22. The van der Waals surface area contributed by atoms with E-state index in [9.17, 15) is 0 Å². The molecule has 2 N–H and O–H groups in total. The second kappa shape index (κ2) is 5.06. The first-order valence-corrected chi connectivity index (χ1v) is 7.62. The second-order valence-electron chi connectivity index (χ2n) is 6.04. The summed E-state index contributed by atoms with van der Waals surface area (Å²) in [4.78, 5) is 0. The molecule has 0 heterocycles. The maximum Gasteiger partial charge on any atom is 0.0108 e. The van der Waals surface area contributed by atoms with Gasteiger partial charge in [-0.05, 0) is 48.4 Å². The summed E-state index contributed by atoms with van der Waals surface area (Å²) in [5, 5.41) is 0. The van der Waals surface area contributed by atoms with Gasteiger partial charge in [0.15, 0.2) is 0 Å². The summed E-state index contributed by atoms with van der Waals surface area (Å²) < 4.78 is 0. The van der Waals surface area contributed by atoms with Crippen molar-refractivity contribution in [3.63, 3.8) is 0 Å². The molecule has 3 rings (SSSR count). The van der Waals surface area contributed by atoms with Crippen LogP contribution in [0.3, 0.4) is 0 Å². The minimum Gasteiger partial charge on any atom is -0.327 e. The van der Waals surface area contributed by atoms with Gasteiger partial charge in [0.2, 0.25) is 0 Å². The van der Waals surface area contributed by atoms with Gasteiger partial charge in [0, 0.05) is 11.5 Å². The highest BCUT2D eigenvalue weighted by Crippen LogP contribution is 2.51. The molecule has 20 heavy (non-hydrogen) atoms. The Morgan fingerprint density at radius 3 is 2.35 bits per heavy atom. The van der Waals surface area contributed by atoms with Crippen molar-refractivity contribution in [3.8, 4) is 11.1 Å². The molecule has 0 amide bonds. The minimum absolute atomic E-state index is 0.232. The van der Waals surface area contributed by atoms with Crippen molar-refractivity contribution < 1.29 is 0 Å². The number of rotatable bonds is 4. The van der Waals surface area contributed by atoms with Crippen LogP contribution in [0.25, 0.3) is 11.1 Å². The van der Waals surface area contributed by atoms with Crippen LogP contribution in [-0.2, 0) is 11.8 Å². The molecule has 0 bridgehead atoms. The predicted octanol–water partition coefficient (Wildman–Crippen LogP) is 4.29. The summed E-state index contributed by atoms with van der Waals surface area (Å²) in [5.41, 5.74) is 12.0. The Hall–Kier alpha value is -1.60. The van der Waals surface area contributed by atoms with Gasteiger partial charge in [0.25, 0.3) is 0 Å². The Labute approximate surface area is 121 Å². The Balaban J connectivity index is 2.09. The van der Waals surface area contributed by atoms with E-state index in [1.807, 2.05) is 0 Å². The summed E-state index contributed by atoms with van der Waals surface area (Å²) in [6, 6.07) is 17.9. The summed E-state index contributed by atoms with van der Waals surface area (Å²) >= 11 is 0. The van der Waals surface area contributed by atoms with Crippen molar-refractivity contribution >= 4 is 0 Å². The predicted molar refractivity (Wildman–Crippen MR) is 85.8 cm³/mol. The zero-order valence-corrected chi connectivity index (χ0v) is 12.4. The number of nitrogens with two attached hydrogens (primary N) is 1. The lowest BCUT2D eigenvalue weighted by atomic mass is 9.85. The molecule has 1 aliphatic carbocycles. The molecule has 1 fully saturated rings. The highest BCUT2D eigenvalue weighted by molar-refractivity contribution is 5.69. The first kappa shape index (κ1) is 13.4. The van der Waals surface area contributed by atoms with E-state index >= 15 is 0 Å². The average molecular weight is 265 g/mol. The zero-order chi connectivity index (χ0) is 14.2. The molecule has 0 saturated heterocycles. The van der Waals surface area contributed by atoms with E-state index in [0.29, 0.717) is 0 Å². The standard InChI is InChI=1S/C19H23N/c1-3-15-9-10-17(19(11-12-19)14(2)20)13-18(15)16-7-5-4-6-8-16/h4-10,13-14H,3,11-12,20H2,1-2H3. The van der Waals surface area contributed by atoms with Crippen LogP contribution in [0.15, 0.2) is 48.5 Å². The van der Waals surface area contributed by atoms with Crippen molar-refractivity contribution in [2.45, 2.75) is 44.6 Å². The van der Waals surface area contributed by atoms with Crippen molar-refractivity contribution in [2.75, 3.05) is 0 Å². The highest BCUT2D eigenvalue weighted by atomic mass is 14.7. The third-order valence-corrected chi connectivity index (χ3v) is 4.81. The van der Waals surface area contributed by atoms with Crippen LogP contribution in [-0.4, -0.2) is 6.04 Å². The van der Waals surface area contributed by atoms with Gasteiger partial charge in [-0.25, -0.2) is 0 Å². The Morgan fingerprint density at radius 1 is 1.10 bits per heavy atom. The van der Waals surface area contributed by atoms with Gasteiger partial charge in [-0.3, -0.25) is 0 Å². The number of benzene rings is 2. The van der Waals surface area contributed by atoms with Gasteiger partial charge in [0.05, 0.1) is 0 Å². The van der Waals surface area contributed by atoms with Gasteiger partial charge in [0.1, 0.15) is 0 Å². The maximum atomic E-state index is 6.22. The fourth-order valence-electron chi connectivity index (χ4n) is 3.22. The zero-order valence-electron chi connectivity index (χ0n) is 12.4. The quantitative estimate of drug-likeness (QED) is 0.876. The Morgan fingerprint density at radius 2 is 1.80 bits per heavy atom. The van der Waals surface area contributed by atoms with Crippen LogP contribution in [0.2, 0.25) is 0 Å². The molecule has 104 valence electrons. The number of hydrogen-bond acceptors (Lipinski definition) is 1. The lowest BCUT2D eigenvalue weighted by Crippen LogP contribution is -2.31. The van der Waals surface area contributed by atoms with Gasteiger partial charge >= 0.3 is 0 Å². The second-order valence-corrected chi connectivity index (χ2v) is 6.04. The van der Waals surface area contributed by atoms with Crippen LogP contribution in [0, 0.1) is 0 Å². The normalized spacial score (nSPS) is 17.8. The van der Waals surface area contributed by atoms with Crippen LogP contribution >= 0.6 is 0 Å². The average Bonchev–Trinajstić information content (AvgIpc) is 3.29. The van der Waals surface area contributed by atoms with Crippen LogP contribution in [0.1, 0.15) is 37.8 Å². The topological polar surface area (TPSA) is 26.0 Å². The summed E-state index contributed by atoms with van der Waals surface area (Å²) in [5.74, 6) is 0. The molecule has 0 radical (unpaired) electrons. The van der Waals surface area contributed by atoms with Crippen molar-refractivity contribution in [3.05, 3.63) is 59.7 Å². The Kier molecular flexibility index (Phi) is 3.39. The van der Waals surface area contributed by atoms with Gasteiger partial charge in [-0.2, -0.15) is 0 Å². The van der Waals surface area contributed by atoms with Crippen molar-refractivity contribution in [2.24, 2.45) is 5.73 Å². The van der Waals surface area contributed by atoms with Crippen molar-refractivity contribution in [1.82, 2.24) is 0 Å². The lowest BCUT2D eigenvalue weighted by molar-refractivity contribution is 0.556. The lowest BCUT2D eigenvalue weighted by Gasteiger charge is -2.22. The van der Waals surface area contributed by atoms with Crippen LogP contribution in [0.5, 0.6) is 0 Å². The molecule has 1 heteroatoms. The molecule has 1 unspecified atom stereocenters. The molecule has 2 aromatic rings. The van der Waals surface area contributed by atoms with E-state index < -0.39 is 0 Å². The highest BCUT2D eigenvalue weighted by Gasteiger charge is 2.47. The molecule has 1 nitrogen and oxygen atoms in total. The summed E-state index contributed by atoms with van der Waals surface area (Å²) in [7, 11) is 0. The van der Waals surface area contributed by atoms with Gasteiger partial charge in [-0.15, -0.1) is 0 Å². The third-order valence-electron chi connectivity index (χ3n) is 4.81. The molecule has 1 atom stereocenters. The van der Waals surface area contributed by atoms with Crippen LogP contribution < -0.4 is 5.73 Å². The molecule has 0 aliphatic heterocycles. The van der Waals surface area contributed by atoms with Gasteiger partial charge in [-0.1, -0.05) is 55.5 Å². The largest absolute Gasteiger partial charge is 0.327 e. The van der Waals surface area contributed by atoms with E-state index in [1.165, 1.54) is 35.1 Å². The third kappa shape index (κ3) is 2.16. The molecule has 1 saturated carbocycles. The molecule has 0 aromatic heterocycles. The minimum atomic E-state index is 0.232. The van der Waals surface area contributed by atoms with Crippen LogP contribution in [0.4, 0.5) is 0 Å².